The summed E-state index contributed by atoms with van der Waals surface area (Å²) < 4.78 is 4.78. The van der Waals surface area contributed by atoms with Crippen LogP contribution in [0.25, 0.3) is 0 Å². The topological polar surface area (TPSA) is 46.6 Å². The molecule has 0 unspecified atom stereocenters. The zero-order chi connectivity index (χ0) is 14.3. The zero-order valence-electron chi connectivity index (χ0n) is 11.7. The smallest absolute Gasteiger partial charge is 0.313 e. The van der Waals surface area contributed by atoms with Gasteiger partial charge in [-0.2, -0.15) is 0 Å². The molecule has 0 saturated carbocycles. The Bertz CT molecular complexity index is 401. The molecule has 4 nitrogen and oxygen atoms in total. The number of ether oxygens (including phenoxy) is 1. The van der Waals surface area contributed by atoms with Gasteiger partial charge in [-0.15, -0.1) is 11.3 Å². The molecule has 1 rings (SSSR count). The van der Waals surface area contributed by atoms with Crippen molar-refractivity contribution in [3.63, 3.8) is 0 Å². The second kappa shape index (κ2) is 8.07. The fourth-order valence-corrected chi connectivity index (χ4v) is 2.41. The van der Waals surface area contributed by atoms with E-state index in [9.17, 15) is 9.59 Å². The third-order valence-electron chi connectivity index (χ3n) is 2.70. The summed E-state index contributed by atoms with van der Waals surface area (Å²) in [6.07, 6.45) is -0.137. The molecule has 0 atom stereocenters. The van der Waals surface area contributed by atoms with Gasteiger partial charge in [0.25, 0.3) is 0 Å². The van der Waals surface area contributed by atoms with E-state index >= 15 is 0 Å². The van der Waals surface area contributed by atoms with E-state index in [0.29, 0.717) is 6.61 Å². The fraction of sp³-hybridized carbons (Fsp3) is 0.571. The van der Waals surface area contributed by atoms with Crippen LogP contribution < -0.4 is 0 Å². The van der Waals surface area contributed by atoms with E-state index in [1.165, 1.54) is 4.88 Å². The van der Waals surface area contributed by atoms with Gasteiger partial charge in [0.2, 0.25) is 0 Å². The SMILES string of the molecule is CCOC(=O)CC(=O)CN(Cc1cccs1)C(C)C. The number of ketones is 1. The predicted octanol–water partition coefficient (Wildman–Crippen LogP) is 2.48. The van der Waals surface area contributed by atoms with Gasteiger partial charge in [0.1, 0.15) is 6.42 Å². The van der Waals surface area contributed by atoms with Crippen molar-refractivity contribution in [1.29, 1.82) is 0 Å². The lowest BCUT2D eigenvalue weighted by atomic mass is 10.2. The van der Waals surface area contributed by atoms with Gasteiger partial charge in [0.05, 0.1) is 13.2 Å². The number of hydrogen-bond acceptors (Lipinski definition) is 5. The van der Waals surface area contributed by atoms with E-state index < -0.39 is 5.97 Å². The number of thiophene rings is 1. The second-order valence-corrected chi connectivity index (χ2v) is 5.63. The Morgan fingerprint density at radius 1 is 1.42 bits per heavy atom. The van der Waals surface area contributed by atoms with E-state index in [-0.39, 0.29) is 24.8 Å². The number of nitrogens with zero attached hydrogens (tertiary/aromatic N) is 1. The van der Waals surface area contributed by atoms with Crippen molar-refractivity contribution in [2.75, 3.05) is 13.2 Å². The van der Waals surface area contributed by atoms with Gasteiger partial charge in [-0.25, -0.2) is 0 Å². The van der Waals surface area contributed by atoms with Gasteiger partial charge < -0.3 is 4.74 Å². The lowest BCUT2D eigenvalue weighted by Crippen LogP contribution is -2.35. The van der Waals surface area contributed by atoms with E-state index in [1.807, 2.05) is 25.3 Å². The van der Waals surface area contributed by atoms with Crippen molar-refractivity contribution in [3.8, 4) is 0 Å². The van der Waals surface area contributed by atoms with Gasteiger partial charge in [-0.1, -0.05) is 6.07 Å². The number of carbonyl (C=O) groups excluding carboxylic acids is 2. The molecule has 0 fully saturated rings. The lowest BCUT2D eigenvalue weighted by Gasteiger charge is -2.24. The molecule has 0 aliphatic heterocycles. The number of hydrogen-bond donors (Lipinski definition) is 0. The average molecular weight is 283 g/mol. The molecule has 0 spiro atoms. The average Bonchev–Trinajstić information content (AvgIpc) is 2.80. The van der Waals surface area contributed by atoms with Crippen molar-refractivity contribution >= 4 is 23.1 Å². The van der Waals surface area contributed by atoms with E-state index in [1.54, 1.807) is 18.3 Å². The molecule has 0 aliphatic carbocycles. The predicted molar refractivity (Wildman–Crippen MR) is 76.1 cm³/mol. The van der Waals surface area contributed by atoms with Crippen molar-refractivity contribution in [2.24, 2.45) is 0 Å². The van der Waals surface area contributed by atoms with Gasteiger partial charge >= 0.3 is 5.97 Å². The van der Waals surface area contributed by atoms with Gasteiger partial charge in [0, 0.05) is 17.5 Å². The monoisotopic (exact) mass is 283 g/mol. The standard InChI is InChI=1S/C14H21NO3S/c1-4-18-14(17)8-12(16)9-15(11(2)3)10-13-6-5-7-19-13/h5-7,11H,4,8-10H2,1-3H3. The van der Waals surface area contributed by atoms with Crippen LogP contribution in [0.3, 0.4) is 0 Å². The third kappa shape index (κ3) is 5.98. The minimum absolute atomic E-state index is 0.0938. The second-order valence-electron chi connectivity index (χ2n) is 4.60. The first kappa shape index (κ1) is 15.9. The largest absolute Gasteiger partial charge is 0.466 e. The zero-order valence-corrected chi connectivity index (χ0v) is 12.5. The van der Waals surface area contributed by atoms with Crippen molar-refractivity contribution in [1.82, 2.24) is 4.90 Å². The first-order valence-corrected chi connectivity index (χ1v) is 7.34. The molecule has 0 N–H and O–H groups in total. The molecule has 1 aromatic rings. The maximum Gasteiger partial charge on any atom is 0.313 e. The normalized spacial score (nSPS) is 11.0. The third-order valence-corrected chi connectivity index (χ3v) is 3.56. The fourth-order valence-electron chi connectivity index (χ4n) is 1.68. The first-order chi connectivity index (χ1) is 9.02. The Kier molecular flexibility index (Phi) is 6.73. The molecule has 0 bridgehead atoms. The van der Waals surface area contributed by atoms with Crippen LogP contribution in [0.4, 0.5) is 0 Å². The van der Waals surface area contributed by atoms with Crippen LogP contribution in [0.15, 0.2) is 17.5 Å². The summed E-state index contributed by atoms with van der Waals surface area (Å²) >= 11 is 1.67. The van der Waals surface area contributed by atoms with Gasteiger partial charge in [-0.05, 0) is 32.2 Å². The quantitative estimate of drug-likeness (QED) is 0.543. The molecule has 0 aliphatic rings. The molecule has 1 aromatic heterocycles. The molecular formula is C14H21NO3S. The van der Waals surface area contributed by atoms with Crippen molar-refractivity contribution in [3.05, 3.63) is 22.4 Å². The highest BCUT2D eigenvalue weighted by atomic mass is 32.1. The Morgan fingerprint density at radius 2 is 2.16 bits per heavy atom. The number of carbonyl (C=O) groups is 2. The molecule has 0 saturated heterocycles. The minimum atomic E-state index is -0.438. The van der Waals surface area contributed by atoms with Crippen LogP contribution in [0, 0.1) is 0 Å². The lowest BCUT2D eigenvalue weighted by molar-refractivity contribution is -0.145. The Hall–Kier alpha value is -1.20. The maximum atomic E-state index is 11.8. The molecule has 1 heterocycles. The van der Waals surface area contributed by atoms with E-state index in [2.05, 4.69) is 11.0 Å². The highest BCUT2D eigenvalue weighted by Gasteiger charge is 2.17. The summed E-state index contributed by atoms with van der Waals surface area (Å²) in [7, 11) is 0. The van der Waals surface area contributed by atoms with Crippen LogP contribution in [0.5, 0.6) is 0 Å². The van der Waals surface area contributed by atoms with Crippen LogP contribution >= 0.6 is 11.3 Å². The molecular weight excluding hydrogens is 262 g/mol. The van der Waals surface area contributed by atoms with Crippen molar-refractivity contribution < 1.29 is 14.3 Å². The molecule has 0 aromatic carbocycles. The molecule has 106 valence electrons. The summed E-state index contributed by atoms with van der Waals surface area (Å²) in [5.41, 5.74) is 0. The number of rotatable bonds is 8. The van der Waals surface area contributed by atoms with E-state index in [4.69, 9.17) is 4.74 Å². The van der Waals surface area contributed by atoms with Crippen molar-refractivity contribution in [2.45, 2.75) is 39.8 Å². The van der Waals surface area contributed by atoms with Crippen LogP contribution in [0.2, 0.25) is 0 Å². The summed E-state index contributed by atoms with van der Waals surface area (Å²) in [6, 6.07) is 4.31. The number of esters is 1. The molecule has 5 heteroatoms. The van der Waals surface area contributed by atoms with Gasteiger partial charge in [0.15, 0.2) is 5.78 Å². The number of Topliss-reactive ketones (excluding diaryl/α,β-unsaturated/α-hetero) is 1. The Balaban J connectivity index is 2.49. The molecule has 0 radical (unpaired) electrons. The van der Waals surface area contributed by atoms with Crippen LogP contribution in [-0.4, -0.2) is 35.8 Å². The first-order valence-electron chi connectivity index (χ1n) is 6.46. The minimum Gasteiger partial charge on any atom is -0.466 e. The highest BCUT2D eigenvalue weighted by molar-refractivity contribution is 7.09. The van der Waals surface area contributed by atoms with Gasteiger partial charge in [-0.3, -0.25) is 14.5 Å². The summed E-state index contributed by atoms with van der Waals surface area (Å²) in [5.74, 6) is -0.531. The summed E-state index contributed by atoms with van der Waals surface area (Å²) in [5, 5.41) is 2.02. The maximum absolute atomic E-state index is 11.8. The van der Waals surface area contributed by atoms with Crippen LogP contribution in [0.1, 0.15) is 32.1 Å². The Labute approximate surface area is 118 Å². The summed E-state index contributed by atoms with van der Waals surface area (Å²) in [6.45, 7) is 7.17. The molecule has 0 amide bonds. The van der Waals surface area contributed by atoms with E-state index in [0.717, 1.165) is 6.54 Å². The molecule has 19 heavy (non-hydrogen) atoms. The Morgan fingerprint density at radius 3 is 2.68 bits per heavy atom. The highest BCUT2D eigenvalue weighted by Crippen LogP contribution is 2.14. The van der Waals surface area contributed by atoms with Crippen LogP contribution in [-0.2, 0) is 20.9 Å². The summed E-state index contributed by atoms with van der Waals surface area (Å²) in [4.78, 5) is 26.4.